The molecule has 0 spiro atoms. The van der Waals surface area contributed by atoms with E-state index in [4.69, 9.17) is 5.73 Å². The third kappa shape index (κ3) is 0.750. The number of nitrogens with two attached hydrogens (primary N) is 1. The van der Waals surface area contributed by atoms with E-state index in [1.165, 1.54) is 6.42 Å². The van der Waals surface area contributed by atoms with Crippen molar-refractivity contribution in [2.75, 3.05) is 0 Å². The molecule has 6 heteroatoms. The van der Waals surface area contributed by atoms with Gasteiger partial charge in [0.25, 0.3) is 0 Å². The number of hydrazone groups is 1. The molecule has 9 unspecified atom stereocenters. The molecule has 4 nitrogen and oxygen atoms in total. The van der Waals surface area contributed by atoms with Gasteiger partial charge in [0.05, 0.1) is 0 Å². The highest BCUT2D eigenvalue weighted by molar-refractivity contribution is 14.1. The average molecular weight is 361 g/mol. The van der Waals surface area contributed by atoms with Gasteiger partial charge >= 0.3 is 6.03 Å². The first-order valence-electron chi connectivity index (χ1n) is 6.52. The summed E-state index contributed by atoms with van der Waals surface area (Å²) in [7, 11) is 0. The molecule has 18 heavy (non-hydrogen) atoms. The van der Waals surface area contributed by atoms with Gasteiger partial charge in [-0.25, -0.2) is 14.6 Å². The van der Waals surface area contributed by atoms with Crippen LogP contribution in [0.4, 0.5) is 9.18 Å². The summed E-state index contributed by atoms with van der Waals surface area (Å²) in [6.45, 7) is 0. The number of primary amides is 1. The molecule has 6 fully saturated rings. The fourth-order valence-electron chi connectivity index (χ4n) is 6.44. The second-order valence-electron chi connectivity index (χ2n) is 6.49. The largest absolute Gasteiger partial charge is 0.350 e. The lowest BCUT2D eigenvalue weighted by Gasteiger charge is -2.36. The van der Waals surface area contributed by atoms with E-state index in [1.54, 1.807) is 0 Å². The number of hydrogen-bond acceptors (Lipinski definition) is 2. The lowest BCUT2D eigenvalue weighted by molar-refractivity contribution is 0.0218. The van der Waals surface area contributed by atoms with E-state index in [-0.39, 0.29) is 21.7 Å². The van der Waals surface area contributed by atoms with Crippen molar-refractivity contribution in [1.29, 1.82) is 0 Å². The third-order valence-corrected chi connectivity index (χ3v) is 8.16. The predicted octanol–water partition coefficient (Wildman–Crippen LogP) is 1.29. The van der Waals surface area contributed by atoms with Crippen LogP contribution < -0.4 is 11.2 Å². The van der Waals surface area contributed by atoms with Crippen molar-refractivity contribution >= 4 is 34.3 Å². The monoisotopic (exact) mass is 361 g/mol. The lowest BCUT2D eigenvalue weighted by Crippen LogP contribution is -2.42. The van der Waals surface area contributed by atoms with Gasteiger partial charge in [0.1, 0.15) is 5.67 Å². The Hall–Kier alpha value is -0.400. The summed E-state index contributed by atoms with van der Waals surface area (Å²) in [5.74, 6) is 2.70. The Morgan fingerprint density at radius 3 is 2.94 bits per heavy atom. The first-order chi connectivity index (χ1) is 8.56. The molecule has 6 saturated carbocycles. The van der Waals surface area contributed by atoms with E-state index in [2.05, 4.69) is 33.1 Å². The molecular weight excluding hydrogens is 348 g/mol. The Bertz CT molecular complexity index is 523. The van der Waals surface area contributed by atoms with Gasteiger partial charge < -0.3 is 5.73 Å². The van der Waals surface area contributed by atoms with Crippen molar-refractivity contribution in [3.05, 3.63) is 0 Å². The Labute approximate surface area is 117 Å². The van der Waals surface area contributed by atoms with Crippen molar-refractivity contribution in [3.63, 3.8) is 0 Å². The fourth-order valence-corrected chi connectivity index (χ4v) is 8.26. The Kier molecular flexibility index (Phi) is 1.57. The molecule has 2 amide bonds. The second-order valence-corrected chi connectivity index (χ2v) is 7.83. The highest BCUT2D eigenvalue weighted by Crippen LogP contribution is 2.85. The topological polar surface area (TPSA) is 67.5 Å². The molecule has 96 valence electrons. The van der Waals surface area contributed by atoms with Crippen molar-refractivity contribution in [3.8, 4) is 0 Å². The molecular formula is C12H13FIN3O. The van der Waals surface area contributed by atoms with E-state index in [1.807, 2.05) is 0 Å². The van der Waals surface area contributed by atoms with Gasteiger partial charge in [-0.2, -0.15) is 5.10 Å². The summed E-state index contributed by atoms with van der Waals surface area (Å²) in [6, 6.07) is -0.653. The number of rotatable bonds is 1. The number of nitrogens with zero attached hydrogens (tertiary/aromatic N) is 1. The van der Waals surface area contributed by atoms with E-state index < -0.39 is 11.7 Å². The minimum absolute atomic E-state index is 0.0324. The van der Waals surface area contributed by atoms with Crippen molar-refractivity contribution in [2.24, 2.45) is 52.3 Å². The van der Waals surface area contributed by atoms with Crippen LogP contribution in [0.2, 0.25) is 0 Å². The number of alkyl halides is 2. The molecule has 0 aromatic carbocycles. The predicted molar refractivity (Wildman–Crippen MR) is 70.8 cm³/mol. The first-order valence-corrected chi connectivity index (χ1v) is 7.77. The van der Waals surface area contributed by atoms with Crippen LogP contribution in [0.5, 0.6) is 0 Å². The summed E-state index contributed by atoms with van der Waals surface area (Å²) < 4.78 is 15.6. The maximum atomic E-state index is 15.4. The van der Waals surface area contributed by atoms with Crippen LogP contribution in [0.1, 0.15) is 6.42 Å². The maximum Gasteiger partial charge on any atom is 0.332 e. The van der Waals surface area contributed by atoms with E-state index in [0.717, 1.165) is 5.71 Å². The summed E-state index contributed by atoms with van der Waals surface area (Å²) in [6.07, 6.45) is 1.18. The molecule has 0 aromatic heterocycles. The molecule has 0 aromatic rings. The molecule has 6 bridgehead atoms. The molecule has 0 radical (unpaired) electrons. The van der Waals surface area contributed by atoms with Gasteiger partial charge in [-0.1, -0.05) is 22.6 Å². The zero-order valence-corrected chi connectivity index (χ0v) is 11.7. The highest BCUT2D eigenvalue weighted by Gasteiger charge is 2.89. The molecule has 6 rings (SSSR count). The summed E-state index contributed by atoms with van der Waals surface area (Å²) in [5, 5.41) is 4.17. The normalized spacial score (nSPS) is 66.9. The van der Waals surface area contributed by atoms with Gasteiger partial charge in [-0.15, -0.1) is 0 Å². The zero-order chi connectivity index (χ0) is 12.4. The number of amides is 2. The standard InChI is InChI=1S/C12H13FIN3O/c13-12-7-3-1-2-4(5(3)10(12)14)8(12)9(6(2)7)16-17-11(15)18/h2-8,10H,1H2,(H3,15,17,18)/b16-9-. The fraction of sp³-hybridized carbons (Fsp3) is 0.833. The molecule has 0 heterocycles. The van der Waals surface area contributed by atoms with Crippen LogP contribution in [-0.2, 0) is 0 Å². The van der Waals surface area contributed by atoms with Crippen LogP contribution in [0.15, 0.2) is 5.10 Å². The summed E-state index contributed by atoms with van der Waals surface area (Å²) in [4.78, 5) is 10.8. The van der Waals surface area contributed by atoms with E-state index in [9.17, 15) is 4.79 Å². The molecule has 3 N–H and O–H groups in total. The average Bonchev–Trinajstić information content (AvgIpc) is 2.99. The van der Waals surface area contributed by atoms with Gasteiger partial charge in [0.2, 0.25) is 0 Å². The number of carbonyl (C=O) groups is 1. The van der Waals surface area contributed by atoms with Crippen molar-refractivity contribution in [2.45, 2.75) is 16.0 Å². The number of urea groups is 1. The van der Waals surface area contributed by atoms with Gasteiger partial charge in [0, 0.05) is 27.4 Å². The maximum absolute atomic E-state index is 15.4. The van der Waals surface area contributed by atoms with Crippen molar-refractivity contribution in [1.82, 2.24) is 5.43 Å². The molecule has 0 saturated heterocycles. The number of halogens is 2. The smallest absolute Gasteiger partial charge is 0.332 e. The SMILES string of the molecule is NC(=O)N/N=C1/C2C3CC4C5C3C1C(F)(C5I)C42. The lowest BCUT2D eigenvalue weighted by atomic mass is 9.70. The van der Waals surface area contributed by atoms with Crippen LogP contribution in [0.25, 0.3) is 0 Å². The second kappa shape index (κ2) is 2.71. The Morgan fingerprint density at radius 1 is 1.50 bits per heavy atom. The van der Waals surface area contributed by atoms with Gasteiger partial charge in [0.15, 0.2) is 0 Å². The Balaban J connectivity index is 1.67. The van der Waals surface area contributed by atoms with Crippen LogP contribution in [-0.4, -0.2) is 21.3 Å². The van der Waals surface area contributed by atoms with Gasteiger partial charge in [-0.3, -0.25) is 0 Å². The van der Waals surface area contributed by atoms with E-state index in [0.29, 0.717) is 23.7 Å². The molecule has 6 aliphatic rings. The number of hydrogen-bond donors (Lipinski definition) is 2. The molecule has 6 aliphatic carbocycles. The summed E-state index contributed by atoms with van der Waals surface area (Å²) >= 11 is 2.33. The number of carbonyl (C=O) groups excluding carboxylic acids is 1. The number of nitrogens with one attached hydrogen (secondary N) is 1. The molecule has 0 aliphatic heterocycles. The van der Waals surface area contributed by atoms with E-state index >= 15 is 4.39 Å². The third-order valence-electron chi connectivity index (χ3n) is 6.38. The van der Waals surface area contributed by atoms with Crippen molar-refractivity contribution < 1.29 is 9.18 Å². The van der Waals surface area contributed by atoms with Crippen LogP contribution >= 0.6 is 22.6 Å². The minimum Gasteiger partial charge on any atom is -0.350 e. The Morgan fingerprint density at radius 2 is 2.28 bits per heavy atom. The van der Waals surface area contributed by atoms with Crippen LogP contribution in [0.3, 0.4) is 0 Å². The highest BCUT2D eigenvalue weighted by atomic mass is 127. The van der Waals surface area contributed by atoms with Crippen LogP contribution in [0, 0.1) is 41.4 Å². The van der Waals surface area contributed by atoms with Gasteiger partial charge in [-0.05, 0) is 30.1 Å². The first kappa shape index (κ1) is 10.4. The molecule has 9 atom stereocenters. The minimum atomic E-state index is -1.05. The summed E-state index contributed by atoms with van der Waals surface area (Å²) in [5.41, 5.74) is 7.26. The quantitative estimate of drug-likeness (QED) is 0.413. The zero-order valence-electron chi connectivity index (χ0n) is 9.51.